The summed E-state index contributed by atoms with van der Waals surface area (Å²) in [6, 6.07) is 0. The summed E-state index contributed by atoms with van der Waals surface area (Å²) in [5.74, 6) is 0.514. The molecule has 1 atom stereocenters. The van der Waals surface area contributed by atoms with Gasteiger partial charge < -0.3 is 4.74 Å². The van der Waals surface area contributed by atoms with E-state index in [0.717, 1.165) is 12.8 Å². The van der Waals surface area contributed by atoms with Crippen LogP contribution in [0.1, 0.15) is 39.0 Å². The summed E-state index contributed by atoms with van der Waals surface area (Å²) >= 11 is 0. The maximum absolute atomic E-state index is 11.4. The molecule has 1 fully saturated rings. The summed E-state index contributed by atoms with van der Waals surface area (Å²) in [7, 11) is 0. The van der Waals surface area contributed by atoms with Gasteiger partial charge in [0.05, 0.1) is 6.61 Å². The van der Waals surface area contributed by atoms with Gasteiger partial charge in [0.15, 0.2) is 0 Å². The van der Waals surface area contributed by atoms with Gasteiger partial charge in [-0.2, -0.15) is 0 Å². The molecule has 1 rings (SSSR count). The zero-order valence-electron chi connectivity index (χ0n) is 9.76. The Bertz CT molecular complexity index is 268. The van der Waals surface area contributed by atoms with E-state index < -0.39 is 0 Å². The van der Waals surface area contributed by atoms with Crippen LogP contribution in [-0.2, 0) is 9.53 Å². The van der Waals surface area contributed by atoms with E-state index in [-0.39, 0.29) is 11.9 Å². The highest BCUT2D eigenvalue weighted by Crippen LogP contribution is 2.33. The Morgan fingerprint density at radius 2 is 2.25 bits per heavy atom. The highest BCUT2D eigenvalue weighted by atomic mass is 16.5. The Labute approximate surface area is 95.8 Å². The van der Waals surface area contributed by atoms with Gasteiger partial charge in [0.1, 0.15) is 0 Å². The van der Waals surface area contributed by atoms with E-state index in [4.69, 9.17) is 10.3 Å². The van der Waals surface area contributed by atoms with Crippen LogP contribution in [0.25, 0.3) is 10.4 Å². The molecule has 5 heteroatoms. The van der Waals surface area contributed by atoms with Crippen molar-refractivity contribution in [2.24, 2.45) is 17.0 Å². The second kappa shape index (κ2) is 7.12. The van der Waals surface area contributed by atoms with Crippen LogP contribution in [0.4, 0.5) is 0 Å². The Morgan fingerprint density at radius 3 is 2.81 bits per heavy atom. The van der Waals surface area contributed by atoms with Gasteiger partial charge in [0.25, 0.3) is 0 Å². The normalized spacial score (nSPS) is 17.8. The minimum absolute atomic E-state index is 0.164. The molecule has 1 aliphatic rings. The minimum Gasteiger partial charge on any atom is -0.466 e. The van der Waals surface area contributed by atoms with E-state index in [0.29, 0.717) is 25.5 Å². The number of hydrogen-bond donors (Lipinski definition) is 0. The number of nitrogens with zero attached hydrogens (tertiary/aromatic N) is 3. The van der Waals surface area contributed by atoms with Crippen LogP contribution in [0.5, 0.6) is 0 Å². The van der Waals surface area contributed by atoms with Crippen molar-refractivity contribution in [3.8, 4) is 0 Å². The van der Waals surface area contributed by atoms with E-state index in [1.165, 1.54) is 12.8 Å². The fraction of sp³-hybridized carbons (Fsp3) is 0.909. The molecule has 0 radical (unpaired) electrons. The average molecular weight is 225 g/mol. The van der Waals surface area contributed by atoms with Crippen LogP contribution in [0, 0.1) is 11.8 Å². The van der Waals surface area contributed by atoms with Crippen LogP contribution < -0.4 is 0 Å². The maximum atomic E-state index is 11.4. The fourth-order valence-corrected chi connectivity index (χ4v) is 2.38. The first-order chi connectivity index (χ1) is 7.77. The molecule has 0 bridgehead atoms. The van der Waals surface area contributed by atoms with Gasteiger partial charge in [0.2, 0.25) is 0 Å². The van der Waals surface area contributed by atoms with E-state index >= 15 is 0 Å². The molecule has 0 aromatic heterocycles. The lowest BCUT2D eigenvalue weighted by molar-refractivity contribution is -0.144. The summed E-state index contributed by atoms with van der Waals surface area (Å²) in [5.41, 5.74) is 8.34. The first-order valence-electron chi connectivity index (χ1n) is 5.94. The molecule has 0 aliphatic heterocycles. The Kier molecular flexibility index (Phi) is 5.72. The smallest absolute Gasteiger partial charge is 0.306 e. The van der Waals surface area contributed by atoms with Crippen molar-refractivity contribution in [3.63, 3.8) is 0 Å². The number of rotatable bonds is 6. The number of carbonyl (C=O) groups is 1. The molecule has 0 aromatic rings. The van der Waals surface area contributed by atoms with E-state index in [1.807, 2.05) is 0 Å². The highest BCUT2D eigenvalue weighted by Gasteiger charge is 2.26. The molecular formula is C11H19N3O2. The third kappa shape index (κ3) is 4.11. The van der Waals surface area contributed by atoms with Gasteiger partial charge in [-0.05, 0) is 24.3 Å². The van der Waals surface area contributed by atoms with Crippen molar-refractivity contribution in [3.05, 3.63) is 10.4 Å². The molecule has 0 spiro atoms. The van der Waals surface area contributed by atoms with Crippen molar-refractivity contribution < 1.29 is 9.53 Å². The number of ether oxygens (including phenoxy) is 1. The molecule has 16 heavy (non-hydrogen) atoms. The number of azide groups is 1. The first-order valence-corrected chi connectivity index (χ1v) is 5.94. The second-order valence-electron chi connectivity index (χ2n) is 4.23. The first kappa shape index (κ1) is 12.8. The average Bonchev–Trinajstić information content (AvgIpc) is 2.77. The largest absolute Gasteiger partial charge is 0.466 e. The minimum atomic E-state index is -0.174. The third-order valence-electron chi connectivity index (χ3n) is 3.18. The van der Waals surface area contributed by atoms with Gasteiger partial charge >= 0.3 is 5.97 Å². The van der Waals surface area contributed by atoms with Crippen LogP contribution in [0.3, 0.4) is 0 Å². The predicted octanol–water partition coefficient (Wildman–Crippen LogP) is 3.06. The lowest BCUT2D eigenvalue weighted by Crippen LogP contribution is -2.20. The second-order valence-corrected chi connectivity index (χ2v) is 4.23. The van der Waals surface area contributed by atoms with Crippen molar-refractivity contribution in [2.75, 3.05) is 13.2 Å². The van der Waals surface area contributed by atoms with E-state index in [1.54, 1.807) is 6.92 Å². The number of esters is 1. The molecule has 0 aromatic carbocycles. The Morgan fingerprint density at radius 1 is 1.56 bits per heavy atom. The summed E-state index contributed by atoms with van der Waals surface area (Å²) in [5, 5.41) is 3.60. The zero-order valence-corrected chi connectivity index (χ0v) is 9.76. The van der Waals surface area contributed by atoms with Crippen LogP contribution >= 0.6 is 0 Å². The molecule has 0 saturated heterocycles. The van der Waals surface area contributed by atoms with Crippen molar-refractivity contribution in [1.29, 1.82) is 0 Å². The molecule has 1 unspecified atom stereocenters. The zero-order chi connectivity index (χ0) is 11.8. The monoisotopic (exact) mass is 225 g/mol. The molecule has 5 nitrogen and oxygen atoms in total. The van der Waals surface area contributed by atoms with Gasteiger partial charge in [-0.3, -0.25) is 4.79 Å². The Hall–Kier alpha value is -1.22. The van der Waals surface area contributed by atoms with Crippen molar-refractivity contribution >= 4 is 5.97 Å². The van der Waals surface area contributed by atoms with Gasteiger partial charge in [-0.1, -0.05) is 30.8 Å². The van der Waals surface area contributed by atoms with Gasteiger partial charge in [-0.15, -0.1) is 0 Å². The van der Waals surface area contributed by atoms with Crippen molar-refractivity contribution in [1.82, 2.24) is 0 Å². The van der Waals surface area contributed by atoms with E-state index in [2.05, 4.69) is 10.0 Å². The standard InChI is InChI=1S/C11H19N3O2/c1-2-16-11(15)7-10(8-13-14-12)9-5-3-4-6-9/h9-10H,2-8H2,1H3. The summed E-state index contributed by atoms with van der Waals surface area (Å²) in [6.45, 7) is 2.63. The lowest BCUT2D eigenvalue weighted by atomic mass is 9.88. The number of carbonyl (C=O) groups excluding carboxylic acids is 1. The molecule has 1 saturated carbocycles. The molecule has 0 heterocycles. The SMILES string of the molecule is CCOC(=O)CC(CN=[N+]=[N-])C1CCCC1. The summed E-state index contributed by atoms with van der Waals surface area (Å²) < 4.78 is 4.94. The van der Waals surface area contributed by atoms with Gasteiger partial charge in [0, 0.05) is 17.9 Å². The van der Waals surface area contributed by atoms with Crippen LogP contribution in [0.2, 0.25) is 0 Å². The van der Waals surface area contributed by atoms with E-state index in [9.17, 15) is 4.79 Å². The molecule has 0 N–H and O–H groups in total. The Balaban J connectivity index is 2.48. The quantitative estimate of drug-likeness (QED) is 0.301. The molecule has 1 aliphatic carbocycles. The molecule has 0 amide bonds. The van der Waals surface area contributed by atoms with Crippen molar-refractivity contribution in [2.45, 2.75) is 39.0 Å². The fourth-order valence-electron chi connectivity index (χ4n) is 2.38. The topological polar surface area (TPSA) is 75.1 Å². The highest BCUT2D eigenvalue weighted by molar-refractivity contribution is 5.69. The number of hydrogen-bond acceptors (Lipinski definition) is 3. The third-order valence-corrected chi connectivity index (χ3v) is 3.18. The summed E-state index contributed by atoms with van der Waals surface area (Å²) in [4.78, 5) is 14.2. The molecule has 90 valence electrons. The maximum Gasteiger partial charge on any atom is 0.306 e. The predicted molar refractivity (Wildman–Crippen MR) is 60.7 cm³/mol. The van der Waals surface area contributed by atoms with Gasteiger partial charge in [-0.25, -0.2) is 0 Å². The lowest BCUT2D eigenvalue weighted by Gasteiger charge is -2.20. The summed E-state index contributed by atoms with van der Waals surface area (Å²) in [6.07, 6.45) is 5.12. The van der Waals surface area contributed by atoms with Crippen LogP contribution in [-0.4, -0.2) is 19.1 Å². The molecular weight excluding hydrogens is 206 g/mol. The van der Waals surface area contributed by atoms with Crippen LogP contribution in [0.15, 0.2) is 5.11 Å².